The molecule has 0 heterocycles. The van der Waals surface area contributed by atoms with E-state index in [-0.39, 0.29) is 11.8 Å². The van der Waals surface area contributed by atoms with Crippen molar-refractivity contribution in [1.82, 2.24) is 10.6 Å². The number of methoxy groups -OCH3 is 2. The lowest BCUT2D eigenvalue weighted by molar-refractivity contribution is -0.119. The molecule has 2 rings (SSSR count). The van der Waals surface area contributed by atoms with Gasteiger partial charge in [-0.1, -0.05) is 24.3 Å². The molecular weight excluding hydrogens is 368 g/mol. The Balaban J connectivity index is 1.88. The summed E-state index contributed by atoms with van der Waals surface area (Å²) in [7, 11) is 3.23. The number of benzene rings is 2. The zero-order valence-electron chi connectivity index (χ0n) is 17.6. The summed E-state index contributed by atoms with van der Waals surface area (Å²) in [6.45, 7) is 6.23. The van der Waals surface area contributed by atoms with Crippen molar-refractivity contribution in [2.75, 3.05) is 14.2 Å². The molecule has 2 N–H and O–H groups in total. The van der Waals surface area contributed by atoms with Crippen LogP contribution >= 0.6 is 0 Å². The molecule has 0 saturated heterocycles. The Kier molecular flexibility index (Phi) is 7.83. The molecule has 0 atom stereocenters. The van der Waals surface area contributed by atoms with Crippen LogP contribution in [-0.4, -0.2) is 26.0 Å². The summed E-state index contributed by atoms with van der Waals surface area (Å²) in [6.07, 6.45) is 1.30. The van der Waals surface area contributed by atoms with Crippen LogP contribution in [0.2, 0.25) is 0 Å². The minimum Gasteiger partial charge on any atom is -0.496 e. The normalized spacial score (nSPS) is 11.0. The summed E-state index contributed by atoms with van der Waals surface area (Å²) >= 11 is 0. The molecular formula is C23H28N2O4. The quantitative estimate of drug-likeness (QED) is 0.672. The van der Waals surface area contributed by atoms with E-state index in [1.54, 1.807) is 21.1 Å². The summed E-state index contributed by atoms with van der Waals surface area (Å²) in [5.41, 5.74) is 4.24. The van der Waals surface area contributed by atoms with E-state index in [4.69, 9.17) is 9.47 Å². The Bertz CT molecular complexity index is 919. The molecule has 0 aliphatic carbocycles. The second-order valence-corrected chi connectivity index (χ2v) is 6.84. The molecule has 0 aromatic heterocycles. The van der Waals surface area contributed by atoms with Crippen molar-refractivity contribution in [2.24, 2.45) is 0 Å². The van der Waals surface area contributed by atoms with Gasteiger partial charge >= 0.3 is 0 Å². The maximum absolute atomic E-state index is 12.3. The fourth-order valence-corrected chi connectivity index (χ4v) is 2.77. The van der Waals surface area contributed by atoms with E-state index >= 15 is 0 Å². The molecule has 0 saturated carbocycles. The lowest BCUT2D eigenvalue weighted by Crippen LogP contribution is -2.26. The van der Waals surface area contributed by atoms with E-state index in [0.29, 0.717) is 18.7 Å². The van der Waals surface area contributed by atoms with Gasteiger partial charge in [0.1, 0.15) is 11.5 Å². The molecule has 2 amide bonds. The van der Waals surface area contributed by atoms with Gasteiger partial charge in [0, 0.05) is 24.7 Å². The largest absolute Gasteiger partial charge is 0.496 e. The highest BCUT2D eigenvalue weighted by Crippen LogP contribution is 2.19. The Morgan fingerprint density at radius 3 is 1.83 bits per heavy atom. The van der Waals surface area contributed by atoms with Gasteiger partial charge in [0.25, 0.3) is 0 Å². The molecule has 0 unspecified atom stereocenters. The average Bonchev–Trinajstić information content (AvgIpc) is 2.72. The van der Waals surface area contributed by atoms with Crippen LogP contribution in [-0.2, 0) is 22.7 Å². The maximum Gasteiger partial charge on any atom is 0.247 e. The Morgan fingerprint density at radius 2 is 1.34 bits per heavy atom. The van der Waals surface area contributed by atoms with E-state index in [0.717, 1.165) is 33.8 Å². The van der Waals surface area contributed by atoms with Crippen LogP contribution in [0, 0.1) is 13.8 Å². The van der Waals surface area contributed by atoms with Gasteiger partial charge in [0.05, 0.1) is 14.2 Å². The van der Waals surface area contributed by atoms with Gasteiger partial charge < -0.3 is 20.1 Å². The van der Waals surface area contributed by atoms with Crippen molar-refractivity contribution in [1.29, 1.82) is 0 Å². The van der Waals surface area contributed by atoms with Crippen LogP contribution in [0.5, 0.6) is 11.5 Å². The van der Waals surface area contributed by atoms with Gasteiger partial charge in [-0.2, -0.15) is 0 Å². The number of hydrogen-bond donors (Lipinski definition) is 2. The predicted molar refractivity (Wildman–Crippen MR) is 113 cm³/mol. The molecule has 2 aromatic rings. The van der Waals surface area contributed by atoms with E-state index in [1.165, 1.54) is 6.08 Å². The summed E-state index contributed by atoms with van der Waals surface area (Å²) < 4.78 is 10.6. The first-order valence-corrected chi connectivity index (χ1v) is 9.35. The number of rotatable bonds is 8. The minimum absolute atomic E-state index is 0.295. The van der Waals surface area contributed by atoms with Gasteiger partial charge in [0.2, 0.25) is 11.8 Å². The third-order valence-electron chi connectivity index (χ3n) is 4.57. The highest BCUT2D eigenvalue weighted by Gasteiger charge is 2.08. The topological polar surface area (TPSA) is 76.7 Å². The van der Waals surface area contributed by atoms with E-state index < -0.39 is 0 Å². The average molecular weight is 396 g/mol. The fourth-order valence-electron chi connectivity index (χ4n) is 2.77. The highest BCUT2D eigenvalue weighted by atomic mass is 16.5. The lowest BCUT2D eigenvalue weighted by Gasteiger charge is -2.10. The van der Waals surface area contributed by atoms with Crippen LogP contribution in [0.15, 0.2) is 48.0 Å². The smallest absolute Gasteiger partial charge is 0.247 e. The van der Waals surface area contributed by atoms with Crippen LogP contribution in [0.1, 0.15) is 29.2 Å². The second-order valence-electron chi connectivity index (χ2n) is 6.84. The number of aryl methyl sites for hydroxylation is 2. The second kappa shape index (κ2) is 10.3. The van der Waals surface area contributed by atoms with Crippen LogP contribution in [0.3, 0.4) is 0 Å². The number of carbonyl (C=O) groups is 2. The van der Waals surface area contributed by atoms with E-state index in [9.17, 15) is 9.59 Å². The molecule has 0 radical (unpaired) electrons. The van der Waals surface area contributed by atoms with Crippen molar-refractivity contribution in [3.63, 3.8) is 0 Å². The van der Waals surface area contributed by atoms with E-state index in [2.05, 4.69) is 10.6 Å². The Labute approximate surface area is 171 Å². The van der Waals surface area contributed by atoms with Crippen LogP contribution in [0.25, 0.3) is 0 Å². The molecule has 29 heavy (non-hydrogen) atoms. The predicted octanol–water partition coefficient (Wildman–Crippen LogP) is 3.20. The molecule has 6 nitrogen and oxygen atoms in total. The summed E-state index contributed by atoms with van der Waals surface area (Å²) in [5, 5.41) is 5.59. The first-order chi connectivity index (χ1) is 13.8. The van der Waals surface area contributed by atoms with E-state index in [1.807, 2.05) is 50.2 Å². The van der Waals surface area contributed by atoms with Crippen molar-refractivity contribution in [3.8, 4) is 11.5 Å². The number of amides is 2. The van der Waals surface area contributed by atoms with Gasteiger partial charge in [-0.05, 0) is 55.2 Å². The molecule has 0 aliphatic rings. The number of ether oxygens (including phenoxy) is 2. The molecule has 0 fully saturated rings. The van der Waals surface area contributed by atoms with Gasteiger partial charge in [-0.25, -0.2) is 0 Å². The zero-order chi connectivity index (χ0) is 21.4. The number of nitrogens with one attached hydrogen (secondary N) is 2. The van der Waals surface area contributed by atoms with Crippen molar-refractivity contribution in [3.05, 3.63) is 70.3 Å². The molecule has 6 heteroatoms. The zero-order valence-corrected chi connectivity index (χ0v) is 17.6. The standard InChI is InChI=1S/C23H28N2O4/c1-15-6-8-18(11-20(15)28-4)13-24-22(26)10-17(3)23(27)25-14-19-9-7-16(2)21(12-19)29-5/h6-12H,13-14H2,1-5H3,(H,24,26)(H,25,27)/b17-10+. The van der Waals surface area contributed by atoms with Crippen LogP contribution in [0.4, 0.5) is 0 Å². The maximum atomic E-state index is 12.3. The fraction of sp³-hybridized carbons (Fsp3) is 0.304. The van der Waals surface area contributed by atoms with Crippen LogP contribution < -0.4 is 20.1 Å². The summed E-state index contributed by atoms with van der Waals surface area (Å²) in [4.78, 5) is 24.4. The molecule has 0 bridgehead atoms. The van der Waals surface area contributed by atoms with Gasteiger partial charge in [0.15, 0.2) is 0 Å². The van der Waals surface area contributed by atoms with Crippen molar-refractivity contribution < 1.29 is 19.1 Å². The molecule has 154 valence electrons. The third kappa shape index (κ3) is 6.38. The Hall–Kier alpha value is -3.28. The third-order valence-corrected chi connectivity index (χ3v) is 4.57. The Morgan fingerprint density at radius 1 is 0.862 bits per heavy atom. The van der Waals surface area contributed by atoms with Gasteiger partial charge in [-0.3, -0.25) is 9.59 Å². The summed E-state index contributed by atoms with van der Waals surface area (Å²) in [5.74, 6) is 0.928. The van der Waals surface area contributed by atoms with Gasteiger partial charge in [-0.15, -0.1) is 0 Å². The first-order valence-electron chi connectivity index (χ1n) is 9.35. The van der Waals surface area contributed by atoms with Crippen molar-refractivity contribution in [2.45, 2.75) is 33.9 Å². The minimum atomic E-state index is -0.325. The lowest BCUT2D eigenvalue weighted by atomic mass is 10.1. The highest BCUT2D eigenvalue weighted by molar-refractivity contribution is 6.00. The number of hydrogen-bond acceptors (Lipinski definition) is 4. The summed E-state index contributed by atoms with van der Waals surface area (Å²) in [6, 6.07) is 11.5. The molecule has 0 aliphatic heterocycles. The number of carbonyl (C=O) groups excluding carboxylic acids is 2. The molecule has 2 aromatic carbocycles. The van der Waals surface area contributed by atoms with Crippen molar-refractivity contribution >= 4 is 11.8 Å². The monoisotopic (exact) mass is 396 g/mol. The first kappa shape index (κ1) is 22.0. The SMILES string of the molecule is COc1cc(CNC(=O)/C=C(\C)C(=O)NCc2ccc(C)c(OC)c2)ccc1C. The molecule has 0 spiro atoms.